The lowest BCUT2D eigenvalue weighted by Crippen LogP contribution is -2.59. The van der Waals surface area contributed by atoms with Crippen molar-refractivity contribution in [2.24, 2.45) is 0 Å². The van der Waals surface area contributed by atoms with E-state index in [4.69, 9.17) is 11.6 Å². The molecule has 116 valence electrons. The third-order valence-corrected chi connectivity index (χ3v) is 6.28. The fourth-order valence-electron chi connectivity index (χ4n) is 3.08. The maximum atomic E-state index is 13.1. The van der Waals surface area contributed by atoms with Gasteiger partial charge in [-0.05, 0) is 17.7 Å². The van der Waals surface area contributed by atoms with Gasteiger partial charge < -0.3 is 0 Å². The molecule has 21 heavy (non-hydrogen) atoms. The van der Waals surface area contributed by atoms with Crippen LogP contribution in [0.2, 0.25) is 5.02 Å². The van der Waals surface area contributed by atoms with Crippen molar-refractivity contribution in [1.29, 1.82) is 0 Å². The topological polar surface area (TPSA) is 40.6 Å². The van der Waals surface area contributed by atoms with Gasteiger partial charge in [0.05, 0.1) is 11.5 Å². The summed E-state index contributed by atoms with van der Waals surface area (Å²) in [7, 11) is -2.91. The van der Waals surface area contributed by atoms with E-state index < -0.39 is 9.84 Å². The molecule has 4 nitrogen and oxygen atoms in total. The van der Waals surface area contributed by atoms with Crippen molar-refractivity contribution in [2.75, 3.05) is 37.7 Å². The molecule has 1 aromatic carbocycles. The van der Waals surface area contributed by atoms with Crippen LogP contribution in [-0.4, -0.2) is 61.9 Å². The summed E-state index contributed by atoms with van der Waals surface area (Å²) in [6.45, 7) is 3.73. The Labute approximate surface area is 129 Å². The van der Waals surface area contributed by atoms with Gasteiger partial charge in [0.15, 0.2) is 9.84 Å². The molecule has 0 saturated carbocycles. The predicted molar refractivity (Wildman–Crippen MR) is 80.7 cm³/mol. The zero-order chi connectivity index (χ0) is 15.0. The Hall–Kier alpha value is -0.690. The van der Waals surface area contributed by atoms with Crippen LogP contribution in [0.3, 0.4) is 0 Å². The van der Waals surface area contributed by atoms with Crippen molar-refractivity contribution in [3.63, 3.8) is 0 Å². The van der Waals surface area contributed by atoms with Gasteiger partial charge in [-0.1, -0.05) is 17.7 Å². The molecule has 0 spiro atoms. The van der Waals surface area contributed by atoms with Crippen LogP contribution < -0.4 is 0 Å². The fourth-order valence-corrected chi connectivity index (χ4v) is 4.89. The molecule has 0 aromatic heterocycles. The smallest absolute Gasteiger partial charge is 0.153 e. The third kappa shape index (κ3) is 3.56. The quantitative estimate of drug-likeness (QED) is 0.821. The van der Waals surface area contributed by atoms with E-state index in [1.165, 1.54) is 12.1 Å². The molecular formula is C14H18ClFN2O2S. The van der Waals surface area contributed by atoms with Gasteiger partial charge in [0.1, 0.15) is 5.82 Å². The monoisotopic (exact) mass is 332 g/mol. The van der Waals surface area contributed by atoms with E-state index in [1.807, 2.05) is 0 Å². The van der Waals surface area contributed by atoms with Crippen molar-refractivity contribution in [2.45, 2.75) is 12.6 Å². The summed E-state index contributed by atoms with van der Waals surface area (Å²) in [6, 6.07) is 4.49. The summed E-state index contributed by atoms with van der Waals surface area (Å²) in [5.74, 6) is 0.167. The number of hydrogen-bond donors (Lipinski definition) is 0. The number of hydrogen-bond acceptors (Lipinski definition) is 4. The van der Waals surface area contributed by atoms with Crippen LogP contribution in [0, 0.1) is 5.82 Å². The minimum Gasteiger partial charge on any atom is -0.296 e. The Morgan fingerprint density at radius 3 is 2.86 bits per heavy atom. The first-order valence-electron chi connectivity index (χ1n) is 7.04. The number of halogens is 2. The van der Waals surface area contributed by atoms with E-state index in [0.29, 0.717) is 24.7 Å². The van der Waals surface area contributed by atoms with E-state index in [-0.39, 0.29) is 23.4 Å². The fraction of sp³-hybridized carbons (Fsp3) is 0.571. The molecule has 1 atom stereocenters. The normalized spacial score (nSPS) is 26.5. The molecule has 0 bridgehead atoms. The molecule has 0 amide bonds. The highest BCUT2D eigenvalue weighted by molar-refractivity contribution is 7.91. The Bertz CT molecular complexity index is 638. The number of piperazine rings is 1. The molecule has 0 N–H and O–H groups in total. The van der Waals surface area contributed by atoms with E-state index >= 15 is 0 Å². The average Bonchev–Trinajstić information content (AvgIpc) is 2.40. The summed E-state index contributed by atoms with van der Waals surface area (Å²) >= 11 is 6.06. The minimum atomic E-state index is -2.91. The predicted octanol–water partition coefficient (Wildman–Crippen LogP) is 1.39. The maximum Gasteiger partial charge on any atom is 0.153 e. The number of rotatable bonds is 2. The standard InChI is InChI=1S/C14H18ClFN2O2S/c15-14-7-12(16)2-1-11(14)8-17-3-4-18-5-6-21(19,20)10-13(18)9-17/h1-2,7,13H,3-6,8-10H2. The number of fused-ring (bicyclic) bond motifs is 1. The van der Waals surface area contributed by atoms with Gasteiger partial charge in [-0.3, -0.25) is 9.80 Å². The summed E-state index contributed by atoms with van der Waals surface area (Å²) in [4.78, 5) is 4.45. The minimum absolute atomic E-state index is 0.0664. The molecule has 2 aliphatic heterocycles. The Morgan fingerprint density at radius 1 is 1.29 bits per heavy atom. The summed E-state index contributed by atoms with van der Waals surface area (Å²) in [6.07, 6.45) is 0. The van der Waals surface area contributed by atoms with Crippen molar-refractivity contribution >= 4 is 21.4 Å². The Morgan fingerprint density at radius 2 is 2.10 bits per heavy atom. The first kappa shape index (κ1) is 15.2. The van der Waals surface area contributed by atoms with Crippen LogP contribution in [0.15, 0.2) is 18.2 Å². The summed E-state index contributed by atoms with van der Waals surface area (Å²) in [5, 5.41) is 0.425. The van der Waals surface area contributed by atoms with E-state index in [0.717, 1.165) is 18.7 Å². The molecule has 2 heterocycles. The van der Waals surface area contributed by atoms with Crippen LogP contribution in [0.5, 0.6) is 0 Å². The zero-order valence-electron chi connectivity index (χ0n) is 11.6. The lowest BCUT2D eigenvalue weighted by molar-refractivity contribution is 0.0811. The molecule has 0 radical (unpaired) electrons. The van der Waals surface area contributed by atoms with E-state index in [2.05, 4.69) is 9.80 Å². The lowest BCUT2D eigenvalue weighted by Gasteiger charge is -2.43. The molecule has 3 rings (SSSR count). The molecule has 1 aromatic rings. The largest absolute Gasteiger partial charge is 0.296 e. The van der Waals surface area contributed by atoms with Gasteiger partial charge in [0, 0.05) is 43.8 Å². The molecule has 0 aliphatic carbocycles. The first-order valence-corrected chi connectivity index (χ1v) is 9.24. The van der Waals surface area contributed by atoms with Crippen LogP contribution in [0.4, 0.5) is 4.39 Å². The Balaban J connectivity index is 1.68. The summed E-state index contributed by atoms with van der Waals surface area (Å²) in [5.41, 5.74) is 0.880. The second-order valence-electron chi connectivity index (χ2n) is 5.77. The van der Waals surface area contributed by atoms with Crippen molar-refractivity contribution < 1.29 is 12.8 Å². The Kier molecular flexibility index (Phi) is 4.23. The van der Waals surface area contributed by atoms with E-state index in [9.17, 15) is 12.8 Å². The lowest BCUT2D eigenvalue weighted by atomic mass is 10.1. The van der Waals surface area contributed by atoms with Crippen molar-refractivity contribution in [1.82, 2.24) is 9.80 Å². The van der Waals surface area contributed by atoms with Crippen LogP contribution in [0.25, 0.3) is 0 Å². The highest BCUT2D eigenvalue weighted by Gasteiger charge is 2.35. The number of benzene rings is 1. The second-order valence-corrected chi connectivity index (χ2v) is 8.41. The highest BCUT2D eigenvalue weighted by atomic mass is 35.5. The van der Waals surface area contributed by atoms with Gasteiger partial charge in [-0.15, -0.1) is 0 Å². The van der Waals surface area contributed by atoms with Crippen LogP contribution >= 0.6 is 11.6 Å². The number of nitrogens with zero attached hydrogens (tertiary/aromatic N) is 2. The van der Waals surface area contributed by atoms with Gasteiger partial charge in [0.25, 0.3) is 0 Å². The van der Waals surface area contributed by atoms with Gasteiger partial charge in [-0.2, -0.15) is 0 Å². The molecule has 2 saturated heterocycles. The second kappa shape index (κ2) is 5.83. The van der Waals surface area contributed by atoms with Gasteiger partial charge in [0.2, 0.25) is 0 Å². The molecule has 7 heteroatoms. The molecule has 2 fully saturated rings. The SMILES string of the molecule is O=S1(=O)CCN2CCN(Cc3ccc(F)cc3Cl)CC2C1. The maximum absolute atomic E-state index is 13.1. The first-order chi connectivity index (χ1) is 9.93. The van der Waals surface area contributed by atoms with Crippen molar-refractivity contribution in [3.05, 3.63) is 34.6 Å². The van der Waals surface area contributed by atoms with E-state index in [1.54, 1.807) is 6.07 Å². The van der Waals surface area contributed by atoms with Crippen LogP contribution in [-0.2, 0) is 16.4 Å². The van der Waals surface area contributed by atoms with Crippen molar-refractivity contribution in [3.8, 4) is 0 Å². The summed E-state index contributed by atoms with van der Waals surface area (Å²) < 4.78 is 36.6. The number of sulfone groups is 1. The average molecular weight is 333 g/mol. The van der Waals surface area contributed by atoms with Gasteiger partial charge in [-0.25, -0.2) is 12.8 Å². The molecule has 2 aliphatic rings. The molecule has 1 unspecified atom stereocenters. The molecular weight excluding hydrogens is 315 g/mol. The third-order valence-electron chi connectivity index (χ3n) is 4.23. The van der Waals surface area contributed by atoms with Gasteiger partial charge >= 0.3 is 0 Å². The zero-order valence-corrected chi connectivity index (χ0v) is 13.2. The highest BCUT2D eigenvalue weighted by Crippen LogP contribution is 2.22. The van der Waals surface area contributed by atoms with Crippen LogP contribution in [0.1, 0.15) is 5.56 Å².